The SMILES string of the molecule is CC(=O)c1c(I)ccc(F)c1N. The smallest absolute Gasteiger partial charge is 0.163 e. The lowest BCUT2D eigenvalue weighted by Gasteiger charge is -2.04. The molecule has 1 aromatic carbocycles. The summed E-state index contributed by atoms with van der Waals surface area (Å²) in [5.74, 6) is -0.753. The van der Waals surface area contributed by atoms with Crippen molar-refractivity contribution in [2.24, 2.45) is 0 Å². The molecule has 12 heavy (non-hydrogen) atoms. The Kier molecular flexibility index (Phi) is 2.66. The van der Waals surface area contributed by atoms with E-state index < -0.39 is 5.82 Å². The summed E-state index contributed by atoms with van der Waals surface area (Å²) >= 11 is 1.95. The molecule has 0 saturated carbocycles. The molecule has 0 unspecified atom stereocenters. The number of benzene rings is 1. The van der Waals surface area contributed by atoms with Gasteiger partial charge in [-0.05, 0) is 41.6 Å². The zero-order valence-corrected chi connectivity index (χ0v) is 8.55. The van der Waals surface area contributed by atoms with Crippen LogP contribution in [-0.2, 0) is 0 Å². The number of halogens is 2. The first-order chi connectivity index (χ1) is 5.54. The molecule has 0 heterocycles. The molecule has 4 heteroatoms. The molecule has 0 radical (unpaired) electrons. The van der Waals surface area contributed by atoms with Gasteiger partial charge in [-0.2, -0.15) is 0 Å². The number of hydrogen-bond acceptors (Lipinski definition) is 2. The normalized spacial score (nSPS) is 9.92. The van der Waals surface area contributed by atoms with E-state index in [1.807, 2.05) is 22.6 Å². The molecule has 0 aliphatic carbocycles. The van der Waals surface area contributed by atoms with Crippen LogP contribution in [0.3, 0.4) is 0 Å². The summed E-state index contributed by atoms with van der Waals surface area (Å²) in [6.45, 7) is 1.37. The second kappa shape index (κ2) is 3.38. The Bertz CT molecular complexity index is 338. The van der Waals surface area contributed by atoms with Crippen molar-refractivity contribution in [3.05, 3.63) is 27.1 Å². The van der Waals surface area contributed by atoms with Crippen molar-refractivity contribution in [2.45, 2.75) is 6.92 Å². The first kappa shape index (κ1) is 9.44. The van der Waals surface area contributed by atoms with Crippen LogP contribution in [0.15, 0.2) is 12.1 Å². The minimum absolute atomic E-state index is 0.0607. The molecule has 1 aromatic rings. The summed E-state index contributed by atoms with van der Waals surface area (Å²) in [5, 5.41) is 0. The Labute approximate surface area is 83.1 Å². The van der Waals surface area contributed by atoms with Gasteiger partial charge in [-0.25, -0.2) is 4.39 Å². The van der Waals surface area contributed by atoms with Crippen LogP contribution in [-0.4, -0.2) is 5.78 Å². The number of carbonyl (C=O) groups excluding carboxylic acids is 1. The molecule has 0 fully saturated rings. The minimum Gasteiger partial charge on any atom is -0.396 e. The van der Waals surface area contributed by atoms with E-state index in [9.17, 15) is 9.18 Å². The number of nitrogen functional groups attached to an aromatic ring is 1. The highest BCUT2D eigenvalue weighted by Crippen LogP contribution is 2.22. The number of anilines is 1. The molecule has 0 spiro atoms. The van der Waals surface area contributed by atoms with Gasteiger partial charge < -0.3 is 5.73 Å². The van der Waals surface area contributed by atoms with Gasteiger partial charge in [0.25, 0.3) is 0 Å². The molecule has 0 atom stereocenters. The third-order valence-corrected chi connectivity index (χ3v) is 2.39. The van der Waals surface area contributed by atoms with Crippen LogP contribution in [0.4, 0.5) is 10.1 Å². The summed E-state index contributed by atoms with van der Waals surface area (Å²) in [5.41, 5.74) is 5.60. The van der Waals surface area contributed by atoms with Crippen LogP contribution in [0.2, 0.25) is 0 Å². The zero-order chi connectivity index (χ0) is 9.30. The molecule has 1 rings (SSSR count). The average molecular weight is 279 g/mol. The van der Waals surface area contributed by atoms with E-state index in [0.717, 1.165) is 0 Å². The Balaban J connectivity index is 3.43. The summed E-state index contributed by atoms with van der Waals surface area (Å²) in [6, 6.07) is 2.78. The van der Waals surface area contributed by atoms with Gasteiger partial charge in [-0.15, -0.1) is 0 Å². The molecule has 0 amide bonds. The quantitative estimate of drug-likeness (QED) is 0.486. The lowest BCUT2D eigenvalue weighted by Crippen LogP contribution is -2.04. The maximum Gasteiger partial charge on any atom is 0.163 e. The third kappa shape index (κ3) is 1.57. The molecule has 0 aromatic heterocycles. The van der Waals surface area contributed by atoms with E-state index in [2.05, 4.69) is 0 Å². The van der Waals surface area contributed by atoms with Crippen LogP contribution in [0.1, 0.15) is 17.3 Å². The van der Waals surface area contributed by atoms with Crippen molar-refractivity contribution in [3.8, 4) is 0 Å². The van der Waals surface area contributed by atoms with Gasteiger partial charge >= 0.3 is 0 Å². The summed E-state index contributed by atoms with van der Waals surface area (Å²) in [6.07, 6.45) is 0. The van der Waals surface area contributed by atoms with E-state index in [4.69, 9.17) is 5.73 Å². The Morgan fingerprint density at radius 1 is 1.58 bits per heavy atom. The first-order valence-corrected chi connectivity index (χ1v) is 4.36. The van der Waals surface area contributed by atoms with Crippen LogP contribution in [0, 0.1) is 9.39 Å². The molecular weight excluding hydrogens is 272 g/mol. The fourth-order valence-electron chi connectivity index (χ4n) is 0.925. The van der Waals surface area contributed by atoms with Crippen molar-refractivity contribution in [1.82, 2.24) is 0 Å². The number of ketones is 1. The first-order valence-electron chi connectivity index (χ1n) is 3.28. The second-order valence-corrected chi connectivity index (χ2v) is 3.54. The van der Waals surface area contributed by atoms with E-state index in [-0.39, 0.29) is 17.0 Å². The highest BCUT2D eigenvalue weighted by atomic mass is 127. The molecule has 64 valence electrons. The van der Waals surface area contributed by atoms with Crippen LogP contribution >= 0.6 is 22.6 Å². The van der Waals surface area contributed by atoms with Crippen LogP contribution in [0.25, 0.3) is 0 Å². The van der Waals surface area contributed by atoms with Crippen LogP contribution < -0.4 is 5.73 Å². The summed E-state index contributed by atoms with van der Waals surface area (Å²) in [7, 11) is 0. The highest BCUT2D eigenvalue weighted by Gasteiger charge is 2.12. The van der Waals surface area contributed by atoms with Gasteiger partial charge in [0.2, 0.25) is 0 Å². The Morgan fingerprint density at radius 2 is 2.17 bits per heavy atom. The summed E-state index contributed by atoms with van der Waals surface area (Å²) in [4.78, 5) is 11.0. The fraction of sp³-hybridized carbons (Fsp3) is 0.125. The number of nitrogens with two attached hydrogens (primary N) is 1. The fourth-order valence-corrected chi connectivity index (χ4v) is 1.78. The van der Waals surface area contributed by atoms with Crippen LogP contribution in [0.5, 0.6) is 0 Å². The van der Waals surface area contributed by atoms with Crippen molar-refractivity contribution in [1.29, 1.82) is 0 Å². The van der Waals surface area contributed by atoms with Gasteiger partial charge in [-0.1, -0.05) is 0 Å². The second-order valence-electron chi connectivity index (χ2n) is 2.37. The van der Waals surface area contributed by atoms with E-state index in [0.29, 0.717) is 3.57 Å². The van der Waals surface area contributed by atoms with Gasteiger partial charge in [0.15, 0.2) is 5.78 Å². The lowest BCUT2D eigenvalue weighted by atomic mass is 10.1. The molecule has 0 saturated heterocycles. The molecule has 0 aliphatic heterocycles. The summed E-state index contributed by atoms with van der Waals surface area (Å²) < 4.78 is 13.5. The number of rotatable bonds is 1. The molecule has 0 bridgehead atoms. The van der Waals surface area contributed by atoms with E-state index in [1.54, 1.807) is 0 Å². The van der Waals surface area contributed by atoms with E-state index >= 15 is 0 Å². The average Bonchev–Trinajstić information content (AvgIpc) is 1.97. The predicted octanol–water partition coefficient (Wildman–Crippen LogP) is 2.22. The van der Waals surface area contributed by atoms with Gasteiger partial charge in [0.05, 0.1) is 11.3 Å². The topological polar surface area (TPSA) is 43.1 Å². The zero-order valence-electron chi connectivity index (χ0n) is 6.40. The van der Waals surface area contributed by atoms with E-state index in [1.165, 1.54) is 19.1 Å². The van der Waals surface area contributed by atoms with Crippen molar-refractivity contribution in [3.63, 3.8) is 0 Å². The van der Waals surface area contributed by atoms with Gasteiger partial charge in [0, 0.05) is 3.57 Å². The number of hydrogen-bond donors (Lipinski definition) is 1. The van der Waals surface area contributed by atoms with Gasteiger partial charge in [0.1, 0.15) is 5.82 Å². The van der Waals surface area contributed by atoms with Crippen molar-refractivity contribution < 1.29 is 9.18 Å². The molecule has 0 aliphatic rings. The highest BCUT2D eigenvalue weighted by molar-refractivity contribution is 14.1. The Hall–Kier alpha value is -0.650. The Morgan fingerprint density at radius 3 is 2.58 bits per heavy atom. The standard InChI is InChI=1S/C8H7FINO/c1-4(12)7-6(10)3-2-5(9)8(7)11/h2-3H,11H2,1H3. The third-order valence-electron chi connectivity index (χ3n) is 1.49. The lowest BCUT2D eigenvalue weighted by molar-refractivity contribution is 0.101. The minimum atomic E-state index is -0.541. The predicted molar refractivity (Wildman–Crippen MR) is 53.5 cm³/mol. The maximum absolute atomic E-state index is 12.8. The number of carbonyl (C=O) groups is 1. The van der Waals surface area contributed by atoms with Crippen molar-refractivity contribution in [2.75, 3.05) is 5.73 Å². The monoisotopic (exact) mass is 279 g/mol. The van der Waals surface area contributed by atoms with Gasteiger partial charge in [-0.3, -0.25) is 4.79 Å². The van der Waals surface area contributed by atoms with Crippen molar-refractivity contribution >= 4 is 34.1 Å². The number of Topliss-reactive ketones (excluding diaryl/α,β-unsaturated/α-hetero) is 1. The maximum atomic E-state index is 12.8. The largest absolute Gasteiger partial charge is 0.396 e. The molecule has 2 nitrogen and oxygen atoms in total. The molecular formula is C8H7FINO. The molecule has 2 N–H and O–H groups in total.